The molecule has 0 saturated carbocycles. The van der Waals surface area contributed by atoms with Crippen molar-refractivity contribution in [3.05, 3.63) is 34.3 Å². The normalized spacial score (nSPS) is 12.4. The van der Waals surface area contributed by atoms with Crippen LogP contribution in [0, 0.1) is 0 Å². The number of halogens is 1. The van der Waals surface area contributed by atoms with E-state index in [0.717, 1.165) is 10.0 Å². The molecule has 4 heteroatoms. The Morgan fingerprint density at radius 1 is 1.60 bits per heavy atom. The highest BCUT2D eigenvalue weighted by Gasteiger charge is 2.19. The molecule has 1 atom stereocenters. The van der Waals surface area contributed by atoms with Crippen LogP contribution >= 0.6 is 15.9 Å². The standard InChI is InChI=1S/C11H13BrO3/c1-2-15-7-10(11(13)14)8-4-3-5-9(12)6-8/h3-6,10H,2,7H2,1H3,(H,13,14). The van der Waals surface area contributed by atoms with E-state index in [9.17, 15) is 4.79 Å². The molecular weight excluding hydrogens is 260 g/mol. The molecule has 82 valence electrons. The molecule has 0 spiro atoms. The van der Waals surface area contributed by atoms with Crippen molar-refractivity contribution < 1.29 is 14.6 Å². The maximum atomic E-state index is 11.0. The van der Waals surface area contributed by atoms with Crippen molar-refractivity contribution in [1.82, 2.24) is 0 Å². The van der Waals surface area contributed by atoms with Gasteiger partial charge in [-0.25, -0.2) is 0 Å². The van der Waals surface area contributed by atoms with Crippen LogP contribution in [0.15, 0.2) is 28.7 Å². The lowest BCUT2D eigenvalue weighted by Gasteiger charge is -2.12. The van der Waals surface area contributed by atoms with Crippen molar-refractivity contribution in [3.8, 4) is 0 Å². The van der Waals surface area contributed by atoms with E-state index in [1.807, 2.05) is 19.1 Å². The highest BCUT2D eigenvalue weighted by Crippen LogP contribution is 2.20. The third kappa shape index (κ3) is 3.64. The molecule has 0 bridgehead atoms. The van der Waals surface area contributed by atoms with E-state index in [-0.39, 0.29) is 6.61 Å². The minimum atomic E-state index is -0.860. The minimum absolute atomic E-state index is 0.211. The van der Waals surface area contributed by atoms with Crippen molar-refractivity contribution in [2.75, 3.05) is 13.2 Å². The fraction of sp³-hybridized carbons (Fsp3) is 0.364. The lowest BCUT2D eigenvalue weighted by atomic mass is 10.0. The van der Waals surface area contributed by atoms with Gasteiger partial charge in [-0.2, -0.15) is 0 Å². The molecule has 0 aliphatic rings. The summed E-state index contributed by atoms with van der Waals surface area (Å²) in [6, 6.07) is 7.28. The fourth-order valence-corrected chi connectivity index (χ4v) is 1.69. The Hall–Kier alpha value is -0.870. The van der Waals surface area contributed by atoms with E-state index < -0.39 is 11.9 Å². The quantitative estimate of drug-likeness (QED) is 0.897. The molecule has 1 rings (SSSR count). The molecule has 0 fully saturated rings. The van der Waals surface area contributed by atoms with Crippen LogP contribution in [0.5, 0.6) is 0 Å². The summed E-state index contributed by atoms with van der Waals surface area (Å²) in [5, 5.41) is 9.05. The van der Waals surface area contributed by atoms with Crippen LogP contribution in [0.25, 0.3) is 0 Å². The lowest BCUT2D eigenvalue weighted by molar-refractivity contribution is -0.140. The zero-order valence-corrected chi connectivity index (χ0v) is 10.0. The molecule has 1 N–H and O–H groups in total. The van der Waals surface area contributed by atoms with Gasteiger partial charge in [0, 0.05) is 11.1 Å². The molecule has 1 aromatic rings. The second-order valence-electron chi connectivity index (χ2n) is 3.11. The molecule has 1 aromatic carbocycles. The summed E-state index contributed by atoms with van der Waals surface area (Å²) in [7, 11) is 0. The fourth-order valence-electron chi connectivity index (χ4n) is 1.27. The number of carbonyl (C=O) groups is 1. The number of benzene rings is 1. The smallest absolute Gasteiger partial charge is 0.313 e. The summed E-state index contributed by atoms with van der Waals surface area (Å²) in [5.74, 6) is -1.45. The van der Waals surface area contributed by atoms with Gasteiger partial charge >= 0.3 is 5.97 Å². The predicted molar refractivity (Wildman–Crippen MR) is 61.0 cm³/mol. The van der Waals surface area contributed by atoms with Crippen LogP contribution in [0.1, 0.15) is 18.4 Å². The molecule has 0 radical (unpaired) electrons. The Labute approximate surface area is 97.2 Å². The van der Waals surface area contributed by atoms with Gasteiger partial charge in [-0.1, -0.05) is 28.1 Å². The van der Waals surface area contributed by atoms with Crippen molar-refractivity contribution in [3.63, 3.8) is 0 Å². The molecule has 0 aliphatic carbocycles. The molecule has 0 aromatic heterocycles. The number of rotatable bonds is 5. The first kappa shape index (κ1) is 12.2. The summed E-state index contributed by atoms with van der Waals surface area (Å²) in [4.78, 5) is 11.0. The molecule has 0 heterocycles. The van der Waals surface area contributed by atoms with Crippen molar-refractivity contribution >= 4 is 21.9 Å². The molecule has 0 saturated heterocycles. The van der Waals surface area contributed by atoms with Crippen LogP contribution < -0.4 is 0 Å². The maximum Gasteiger partial charge on any atom is 0.313 e. The average molecular weight is 273 g/mol. The van der Waals surface area contributed by atoms with Gasteiger partial charge in [0.1, 0.15) is 5.92 Å². The summed E-state index contributed by atoms with van der Waals surface area (Å²) in [6.07, 6.45) is 0. The van der Waals surface area contributed by atoms with Gasteiger partial charge in [0.25, 0.3) is 0 Å². The van der Waals surface area contributed by atoms with E-state index >= 15 is 0 Å². The van der Waals surface area contributed by atoms with Gasteiger partial charge < -0.3 is 9.84 Å². The van der Waals surface area contributed by atoms with E-state index in [0.29, 0.717) is 6.61 Å². The van der Waals surface area contributed by atoms with Crippen LogP contribution in [0.2, 0.25) is 0 Å². The van der Waals surface area contributed by atoms with Gasteiger partial charge in [-0.3, -0.25) is 4.79 Å². The van der Waals surface area contributed by atoms with Gasteiger partial charge in [-0.05, 0) is 24.6 Å². The number of carboxylic acids is 1. The second-order valence-corrected chi connectivity index (χ2v) is 4.02. The number of hydrogen-bond donors (Lipinski definition) is 1. The first-order chi connectivity index (χ1) is 7.15. The molecule has 1 unspecified atom stereocenters. The van der Waals surface area contributed by atoms with E-state index in [4.69, 9.17) is 9.84 Å². The zero-order valence-electron chi connectivity index (χ0n) is 8.44. The first-order valence-corrected chi connectivity index (χ1v) is 5.50. The van der Waals surface area contributed by atoms with Gasteiger partial charge in [0.2, 0.25) is 0 Å². The second kappa shape index (κ2) is 5.88. The van der Waals surface area contributed by atoms with Gasteiger partial charge in [-0.15, -0.1) is 0 Å². The predicted octanol–water partition coefficient (Wildman–Crippen LogP) is 2.65. The summed E-state index contributed by atoms with van der Waals surface area (Å²) < 4.78 is 6.03. The molecule has 3 nitrogen and oxygen atoms in total. The number of ether oxygens (including phenoxy) is 1. The molecule has 0 amide bonds. The topological polar surface area (TPSA) is 46.5 Å². The van der Waals surface area contributed by atoms with Crippen LogP contribution in [-0.4, -0.2) is 24.3 Å². The third-order valence-electron chi connectivity index (χ3n) is 2.04. The highest BCUT2D eigenvalue weighted by atomic mass is 79.9. The summed E-state index contributed by atoms with van der Waals surface area (Å²) in [5.41, 5.74) is 0.755. The van der Waals surface area contributed by atoms with Crippen molar-refractivity contribution in [2.45, 2.75) is 12.8 Å². The summed E-state index contributed by atoms with van der Waals surface area (Å²) in [6.45, 7) is 2.58. The Bertz CT molecular complexity index is 338. The van der Waals surface area contributed by atoms with E-state index in [1.165, 1.54) is 0 Å². The summed E-state index contributed by atoms with van der Waals surface area (Å²) >= 11 is 3.31. The Morgan fingerprint density at radius 3 is 2.87 bits per heavy atom. The maximum absolute atomic E-state index is 11.0. The first-order valence-electron chi connectivity index (χ1n) is 4.71. The van der Waals surface area contributed by atoms with Crippen LogP contribution in [0.3, 0.4) is 0 Å². The van der Waals surface area contributed by atoms with E-state index in [1.54, 1.807) is 12.1 Å². The highest BCUT2D eigenvalue weighted by molar-refractivity contribution is 9.10. The van der Waals surface area contributed by atoms with Crippen molar-refractivity contribution in [2.24, 2.45) is 0 Å². The van der Waals surface area contributed by atoms with Crippen LogP contribution in [0.4, 0.5) is 0 Å². The SMILES string of the molecule is CCOCC(C(=O)O)c1cccc(Br)c1. The zero-order chi connectivity index (χ0) is 11.3. The number of hydrogen-bond acceptors (Lipinski definition) is 2. The molecular formula is C11H13BrO3. The Balaban J connectivity index is 2.84. The largest absolute Gasteiger partial charge is 0.481 e. The van der Waals surface area contributed by atoms with Gasteiger partial charge in [0.15, 0.2) is 0 Å². The number of aliphatic carboxylic acids is 1. The van der Waals surface area contributed by atoms with Gasteiger partial charge in [0.05, 0.1) is 6.61 Å². The number of carboxylic acid groups (broad SMARTS) is 1. The average Bonchev–Trinajstić information content (AvgIpc) is 2.18. The lowest BCUT2D eigenvalue weighted by Crippen LogP contribution is -2.17. The monoisotopic (exact) mass is 272 g/mol. The third-order valence-corrected chi connectivity index (χ3v) is 2.53. The molecule has 15 heavy (non-hydrogen) atoms. The minimum Gasteiger partial charge on any atom is -0.481 e. The molecule has 0 aliphatic heterocycles. The van der Waals surface area contributed by atoms with Crippen LogP contribution in [-0.2, 0) is 9.53 Å². The Kier molecular flexibility index (Phi) is 4.78. The van der Waals surface area contributed by atoms with Crippen molar-refractivity contribution in [1.29, 1.82) is 0 Å². The Morgan fingerprint density at radius 2 is 2.33 bits per heavy atom. The van der Waals surface area contributed by atoms with E-state index in [2.05, 4.69) is 15.9 Å².